The summed E-state index contributed by atoms with van der Waals surface area (Å²) >= 11 is 0. The van der Waals surface area contributed by atoms with Gasteiger partial charge in [0.2, 0.25) is 0 Å². The second-order valence-corrected chi connectivity index (χ2v) is 4.13. The van der Waals surface area contributed by atoms with Gasteiger partial charge in [-0.2, -0.15) is 13.2 Å². The van der Waals surface area contributed by atoms with Crippen molar-refractivity contribution < 1.29 is 36.6 Å². The van der Waals surface area contributed by atoms with E-state index in [2.05, 4.69) is 4.74 Å². The summed E-state index contributed by atoms with van der Waals surface area (Å²) in [7, 11) is 0. The first kappa shape index (κ1) is 15.7. The van der Waals surface area contributed by atoms with Crippen molar-refractivity contribution in [2.75, 3.05) is 6.61 Å². The molecule has 1 aliphatic heterocycles. The largest absolute Gasteiger partial charge is 0.471 e. The van der Waals surface area contributed by atoms with E-state index in [4.69, 9.17) is 4.74 Å². The average Bonchev–Trinajstić information content (AvgIpc) is 2.26. The minimum Gasteiger partial charge on any atom is -0.457 e. The summed E-state index contributed by atoms with van der Waals surface area (Å²) in [5.74, 6) is -3.09. The number of hydrogen-bond acceptors (Lipinski definition) is 4. The normalized spacial score (nSPS) is 31.7. The molecule has 0 aromatic heterocycles. The van der Waals surface area contributed by atoms with Gasteiger partial charge in [-0.25, -0.2) is 4.39 Å². The van der Waals surface area contributed by atoms with Gasteiger partial charge in [0.15, 0.2) is 12.3 Å². The lowest BCUT2D eigenvalue weighted by molar-refractivity contribution is -0.184. The standard InChI is InChI=1S/C10H13F4NO4/c1-4-7(15-9(17)10(12,13)14)8(19-5(2)16)6(11)3-18-4/h4,6-8H,3H2,1-2H3,(H,15,17)/t4-,6-,7+,8-/m0/s1. The molecule has 1 heterocycles. The summed E-state index contributed by atoms with van der Waals surface area (Å²) in [6.07, 6.45) is -9.34. The van der Waals surface area contributed by atoms with E-state index in [-0.39, 0.29) is 0 Å². The fourth-order valence-electron chi connectivity index (χ4n) is 1.71. The van der Waals surface area contributed by atoms with Crippen LogP contribution in [0.1, 0.15) is 13.8 Å². The minimum atomic E-state index is -5.11. The number of carbonyl (C=O) groups is 2. The Morgan fingerprint density at radius 2 is 1.95 bits per heavy atom. The Balaban J connectivity index is 2.84. The molecule has 0 spiro atoms. The lowest BCUT2D eigenvalue weighted by Gasteiger charge is -2.38. The van der Waals surface area contributed by atoms with Crippen LogP contribution in [0.2, 0.25) is 0 Å². The summed E-state index contributed by atoms with van der Waals surface area (Å²) in [4.78, 5) is 21.7. The molecule has 1 fully saturated rings. The van der Waals surface area contributed by atoms with Gasteiger partial charge in [0.1, 0.15) is 0 Å². The molecule has 0 unspecified atom stereocenters. The van der Waals surface area contributed by atoms with Gasteiger partial charge in [0.25, 0.3) is 0 Å². The van der Waals surface area contributed by atoms with Crippen molar-refractivity contribution in [3.8, 4) is 0 Å². The Hall–Kier alpha value is -1.38. The van der Waals surface area contributed by atoms with Crippen LogP contribution >= 0.6 is 0 Å². The van der Waals surface area contributed by atoms with Gasteiger partial charge < -0.3 is 14.8 Å². The first-order valence-electron chi connectivity index (χ1n) is 5.43. The first-order valence-corrected chi connectivity index (χ1v) is 5.43. The summed E-state index contributed by atoms with van der Waals surface area (Å²) in [6.45, 7) is 1.93. The van der Waals surface area contributed by atoms with Gasteiger partial charge in [0.05, 0.1) is 18.8 Å². The molecule has 1 aliphatic rings. The zero-order chi connectivity index (χ0) is 14.8. The summed E-state index contributed by atoms with van der Waals surface area (Å²) in [5, 5.41) is 1.59. The van der Waals surface area contributed by atoms with Crippen LogP contribution in [0.4, 0.5) is 17.6 Å². The van der Waals surface area contributed by atoms with E-state index in [1.807, 2.05) is 0 Å². The second kappa shape index (κ2) is 5.72. The van der Waals surface area contributed by atoms with E-state index in [0.717, 1.165) is 6.92 Å². The SMILES string of the molecule is CC(=O)O[C@@H]1[C@H](NC(=O)C(F)(F)F)[C@H](C)OC[C@@H]1F. The molecule has 19 heavy (non-hydrogen) atoms. The molecule has 1 N–H and O–H groups in total. The zero-order valence-corrected chi connectivity index (χ0v) is 10.2. The van der Waals surface area contributed by atoms with Crippen LogP contribution in [-0.4, -0.2) is 49.1 Å². The predicted molar refractivity (Wildman–Crippen MR) is 53.8 cm³/mol. The first-order chi connectivity index (χ1) is 8.62. The van der Waals surface area contributed by atoms with Crippen LogP contribution in [0.3, 0.4) is 0 Å². The van der Waals surface area contributed by atoms with Gasteiger partial charge in [-0.05, 0) is 6.92 Å². The molecule has 0 aliphatic carbocycles. The molecule has 0 aromatic rings. The van der Waals surface area contributed by atoms with Crippen molar-refractivity contribution >= 4 is 11.9 Å². The fraction of sp³-hybridized carbons (Fsp3) is 0.800. The van der Waals surface area contributed by atoms with E-state index in [9.17, 15) is 27.2 Å². The Kier molecular flexibility index (Phi) is 4.72. The van der Waals surface area contributed by atoms with E-state index in [0.29, 0.717) is 0 Å². The smallest absolute Gasteiger partial charge is 0.457 e. The van der Waals surface area contributed by atoms with Gasteiger partial charge in [-0.1, -0.05) is 0 Å². The fourth-order valence-corrected chi connectivity index (χ4v) is 1.71. The number of hydrogen-bond donors (Lipinski definition) is 1. The molecule has 0 aromatic carbocycles. The number of rotatable bonds is 2. The van der Waals surface area contributed by atoms with Crippen LogP contribution in [0.25, 0.3) is 0 Å². The quantitative estimate of drug-likeness (QED) is 0.600. The maximum Gasteiger partial charge on any atom is 0.471 e. The molecule has 1 saturated heterocycles. The number of nitrogens with one attached hydrogen (secondary N) is 1. The van der Waals surface area contributed by atoms with Gasteiger partial charge in [0, 0.05) is 6.92 Å². The topological polar surface area (TPSA) is 64.6 Å². The summed E-state index contributed by atoms with van der Waals surface area (Å²) in [6, 6.07) is -1.40. The number of ether oxygens (including phenoxy) is 2. The molecule has 110 valence electrons. The van der Waals surface area contributed by atoms with Gasteiger partial charge >= 0.3 is 18.1 Å². The van der Waals surface area contributed by atoms with Crippen molar-refractivity contribution in [2.24, 2.45) is 0 Å². The Labute approximate surface area is 106 Å². The Morgan fingerprint density at radius 3 is 2.42 bits per heavy atom. The van der Waals surface area contributed by atoms with Gasteiger partial charge in [-0.3, -0.25) is 9.59 Å². The highest BCUT2D eigenvalue weighted by Crippen LogP contribution is 2.23. The van der Waals surface area contributed by atoms with E-state index >= 15 is 0 Å². The summed E-state index contributed by atoms with van der Waals surface area (Å²) < 4.78 is 59.5. The van der Waals surface area contributed by atoms with E-state index in [1.165, 1.54) is 6.92 Å². The molecule has 1 amide bonds. The van der Waals surface area contributed by atoms with Crippen molar-refractivity contribution in [2.45, 2.75) is 44.4 Å². The van der Waals surface area contributed by atoms with Crippen LogP contribution in [0.5, 0.6) is 0 Å². The third-order valence-electron chi connectivity index (χ3n) is 2.59. The highest BCUT2D eigenvalue weighted by atomic mass is 19.4. The Bertz CT molecular complexity index is 360. The molecule has 1 rings (SSSR count). The van der Waals surface area contributed by atoms with Crippen LogP contribution < -0.4 is 5.32 Å². The third kappa shape index (κ3) is 4.05. The molecule has 4 atom stereocenters. The molecular weight excluding hydrogens is 274 g/mol. The highest BCUT2D eigenvalue weighted by molar-refractivity contribution is 5.82. The summed E-state index contributed by atoms with van der Waals surface area (Å²) in [5.41, 5.74) is 0. The monoisotopic (exact) mass is 287 g/mol. The Morgan fingerprint density at radius 1 is 1.37 bits per heavy atom. The van der Waals surface area contributed by atoms with E-state index in [1.54, 1.807) is 5.32 Å². The van der Waals surface area contributed by atoms with Gasteiger partial charge in [-0.15, -0.1) is 0 Å². The molecule has 0 radical (unpaired) electrons. The predicted octanol–water partition coefficient (Wildman–Crippen LogP) is 0.722. The van der Waals surface area contributed by atoms with Crippen molar-refractivity contribution in [1.82, 2.24) is 5.32 Å². The van der Waals surface area contributed by atoms with Crippen molar-refractivity contribution in [1.29, 1.82) is 0 Å². The van der Waals surface area contributed by atoms with Crippen LogP contribution in [0.15, 0.2) is 0 Å². The second-order valence-electron chi connectivity index (χ2n) is 4.13. The minimum absolute atomic E-state index is 0.419. The molecular formula is C10H13F4NO4. The lowest BCUT2D eigenvalue weighted by Crippen LogP contribution is -2.61. The zero-order valence-electron chi connectivity index (χ0n) is 10.2. The number of esters is 1. The average molecular weight is 287 g/mol. The third-order valence-corrected chi connectivity index (χ3v) is 2.59. The molecule has 0 bridgehead atoms. The maximum absolute atomic E-state index is 13.5. The molecule has 0 saturated carbocycles. The van der Waals surface area contributed by atoms with Crippen molar-refractivity contribution in [3.63, 3.8) is 0 Å². The number of alkyl halides is 4. The highest BCUT2D eigenvalue weighted by Gasteiger charge is 2.46. The number of amides is 1. The van der Waals surface area contributed by atoms with Crippen LogP contribution in [0, 0.1) is 0 Å². The van der Waals surface area contributed by atoms with E-state index < -0.39 is 49.1 Å². The lowest BCUT2D eigenvalue weighted by atomic mass is 9.98. The molecule has 5 nitrogen and oxygen atoms in total. The maximum atomic E-state index is 13.5. The van der Waals surface area contributed by atoms with Crippen LogP contribution in [-0.2, 0) is 19.1 Å². The number of carbonyl (C=O) groups excluding carboxylic acids is 2. The number of halogens is 4. The van der Waals surface area contributed by atoms with Crippen molar-refractivity contribution in [3.05, 3.63) is 0 Å². The molecule has 9 heteroatoms.